The van der Waals surface area contributed by atoms with Crippen molar-refractivity contribution in [3.63, 3.8) is 0 Å². The number of aliphatic hydroxyl groups excluding tert-OH is 1. The number of rotatable bonds is 8. The topological polar surface area (TPSA) is 57.5 Å². The first-order valence-electron chi connectivity index (χ1n) is 6.25. The van der Waals surface area contributed by atoms with Crippen molar-refractivity contribution in [2.45, 2.75) is 38.0 Å². The lowest BCUT2D eigenvalue weighted by Crippen LogP contribution is -2.13. The number of unbranched alkanes of at least 4 members (excludes halogenated alkanes) is 3. The molecule has 0 bridgehead atoms. The monoisotopic (exact) mass is 254 g/mol. The van der Waals surface area contributed by atoms with Crippen LogP contribution in [0.15, 0.2) is 24.3 Å². The third kappa shape index (κ3) is 4.45. The summed E-state index contributed by atoms with van der Waals surface area (Å²) >= 11 is 0. The third-order valence-corrected chi connectivity index (χ3v) is 2.98. The van der Waals surface area contributed by atoms with E-state index in [1.807, 2.05) is 0 Å². The lowest BCUT2D eigenvalue weighted by molar-refractivity contribution is -0.139. The van der Waals surface area contributed by atoms with E-state index in [1.54, 1.807) is 12.1 Å². The van der Waals surface area contributed by atoms with Crippen LogP contribution in [0.4, 0.5) is 4.39 Å². The molecule has 2 N–H and O–H groups in total. The van der Waals surface area contributed by atoms with E-state index in [2.05, 4.69) is 0 Å². The van der Waals surface area contributed by atoms with Gasteiger partial charge in [-0.3, -0.25) is 4.79 Å². The van der Waals surface area contributed by atoms with Crippen molar-refractivity contribution < 1.29 is 19.4 Å². The molecule has 0 fully saturated rings. The van der Waals surface area contributed by atoms with E-state index in [1.165, 1.54) is 12.1 Å². The van der Waals surface area contributed by atoms with Crippen LogP contribution in [0.1, 0.15) is 43.6 Å². The van der Waals surface area contributed by atoms with Gasteiger partial charge in [-0.25, -0.2) is 4.39 Å². The van der Waals surface area contributed by atoms with E-state index in [0.717, 1.165) is 25.7 Å². The Hall–Kier alpha value is -1.42. The van der Waals surface area contributed by atoms with Gasteiger partial charge in [-0.1, -0.05) is 37.5 Å². The number of aliphatic carboxylic acids is 1. The molecule has 1 rings (SSSR count). The lowest BCUT2D eigenvalue weighted by Gasteiger charge is -2.13. The molecular formula is C14H19FO3. The molecule has 0 saturated heterocycles. The summed E-state index contributed by atoms with van der Waals surface area (Å²) in [5.74, 6) is -2.22. The van der Waals surface area contributed by atoms with Crippen LogP contribution in [-0.2, 0) is 4.79 Å². The maximum Gasteiger partial charge on any atom is 0.311 e. The van der Waals surface area contributed by atoms with Crippen molar-refractivity contribution in [1.82, 2.24) is 0 Å². The summed E-state index contributed by atoms with van der Waals surface area (Å²) in [6, 6.07) is 6.03. The summed E-state index contributed by atoms with van der Waals surface area (Å²) in [6.07, 6.45) is 3.63. The Morgan fingerprint density at radius 1 is 1.17 bits per heavy atom. The van der Waals surface area contributed by atoms with E-state index in [-0.39, 0.29) is 12.2 Å². The molecule has 0 saturated carbocycles. The SMILES string of the molecule is O=C(O)C(CCCCCCO)c1ccccc1F. The number of hydrogen-bond donors (Lipinski definition) is 2. The van der Waals surface area contributed by atoms with E-state index < -0.39 is 17.7 Å². The van der Waals surface area contributed by atoms with E-state index >= 15 is 0 Å². The molecule has 0 amide bonds. The summed E-state index contributed by atoms with van der Waals surface area (Å²) in [7, 11) is 0. The molecule has 4 heteroatoms. The van der Waals surface area contributed by atoms with Gasteiger partial charge in [-0.15, -0.1) is 0 Å². The quantitative estimate of drug-likeness (QED) is 0.701. The number of hydrogen-bond acceptors (Lipinski definition) is 2. The standard InChI is InChI=1S/C14H19FO3/c15-13-9-5-4-7-11(13)12(14(17)18)8-3-1-2-6-10-16/h4-5,7,9,12,16H,1-3,6,8,10H2,(H,17,18). The Morgan fingerprint density at radius 2 is 1.83 bits per heavy atom. The van der Waals surface area contributed by atoms with Gasteiger partial charge < -0.3 is 10.2 Å². The van der Waals surface area contributed by atoms with Crippen LogP contribution in [0.3, 0.4) is 0 Å². The van der Waals surface area contributed by atoms with Gasteiger partial charge in [0.25, 0.3) is 0 Å². The highest BCUT2D eigenvalue weighted by Gasteiger charge is 2.22. The van der Waals surface area contributed by atoms with Crippen molar-refractivity contribution in [2.75, 3.05) is 6.61 Å². The van der Waals surface area contributed by atoms with E-state index in [0.29, 0.717) is 6.42 Å². The van der Waals surface area contributed by atoms with Gasteiger partial charge in [0.1, 0.15) is 5.82 Å². The Kier molecular flexibility index (Phi) is 6.36. The summed E-state index contributed by atoms with van der Waals surface area (Å²) in [5.41, 5.74) is 0.257. The molecule has 3 nitrogen and oxygen atoms in total. The Morgan fingerprint density at radius 3 is 2.44 bits per heavy atom. The number of carboxylic acids is 1. The minimum atomic E-state index is -0.984. The molecule has 1 unspecified atom stereocenters. The van der Waals surface area contributed by atoms with E-state index in [9.17, 15) is 9.18 Å². The lowest BCUT2D eigenvalue weighted by atomic mass is 9.92. The third-order valence-electron chi connectivity index (χ3n) is 2.98. The molecule has 0 aromatic heterocycles. The number of halogens is 1. The summed E-state index contributed by atoms with van der Waals surface area (Å²) < 4.78 is 13.5. The van der Waals surface area contributed by atoms with Crippen LogP contribution < -0.4 is 0 Å². The van der Waals surface area contributed by atoms with Gasteiger partial charge in [-0.05, 0) is 18.9 Å². The molecule has 100 valence electrons. The van der Waals surface area contributed by atoms with Gasteiger partial charge in [0.05, 0.1) is 5.92 Å². The minimum absolute atomic E-state index is 0.162. The zero-order chi connectivity index (χ0) is 13.4. The minimum Gasteiger partial charge on any atom is -0.481 e. The zero-order valence-electron chi connectivity index (χ0n) is 10.3. The number of benzene rings is 1. The maximum atomic E-state index is 13.5. The Bertz CT molecular complexity index is 379. The molecule has 1 aromatic rings. The largest absolute Gasteiger partial charge is 0.481 e. The predicted molar refractivity (Wildman–Crippen MR) is 66.9 cm³/mol. The molecular weight excluding hydrogens is 235 g/mol. The molecule has 1 aromatic carbocycles. The van der Waals surface area contributed by atoms with Crippen molar-refractivity contribution in [2.24, 2.45) is 0 Å². The van der Waals surface area contributed by atoms with Gasteiger partial charge >= 0.3 is 5.97 Å². The van der Waals surface area contributed by atoms with Gasteiger partial charge in [0.15, 0.2) is 0 Å². The fourth-order valence-electron chi connectivity index (χ4n) is 1.98. The van der Waals surface area contributed by atoms with Crippen LogP contribution in [-0.4, -0.2) is 22.8 Å². The highest BCUT2D eigenvalue weighted by atomic mass is 19.1. The number of carboxylic acid groups (broad SMARTS) is 1. The molecule has 0 radical (unpaired) electrons. The van der Waals surface area contributed by atoms with Gasteiger partial charge in [0, 0.05) is 12.2 Å². The van der Waals surface area contributed by atoms with Crippen molar-refractivity contribution in [3.8, 4) is 0 Å². The van der Waals surface area contributed by atoms with Crippen molar-refractivity contribution in [1.29, 1.82) is 0 Å². The highest BCUT2D eigenvalue weighted by molar-refractivity contribution is 5.76. The number of aliphatic hydroxyl groups is 1. The molecule has 18 heavy (non-hydrogen) atoms. The van der Waals surface area contributed by atoms with Crippen LogP contribution >= 0.6 is 0 Å². The number of carbonyl (C=O) groups is 1. The first-order valence-corrected chi connectivity index (χ1v) is 6.25. The second kappa shape index (κ2) is 7.82. The molecule has 0 aliphatic carbocycles. The fourth-order valence-corrected chi connectivity index (χ4v) is 1.98. The zero-order valence-corrected chi connectivity index (χ0v) is 10.3. The van der Waals surface area contributed by atoms with Gasteiger partial charge in [0.2, 0.25) is 0 Å². The molecule has 0 aliphatic heterocycles. The first kappa shape index (κ1) is 14.6. The Labute approximate surface area is 106 Å². The average molecular weight is 254 g/mol. The second-order valence-corrected chi connectivity index (χ2v) is 4.34. The van der Waals surface area contributed by atoms with Crippen molar-refractivity contribution in [3.05, 3.63) is 35.6 Å². The van der Waals surface area contributed by atoms with E-state index in [4.69, 9.17) is 10.2 Å². The maximum absolute atomic E-state index is 13.5. The van der Waals surface area contributed by atoms with Crippen LogP contribution in [0, 0.1) is 5.82 Å². The highest BCUT2D eigenvalue weighted by Crippen LogP contribution is 2.25. The second-order valence-electron chi connectivity index (χ2n) is 4.34. The predicted octanol–water partition coefficient (Wildman–Crippen LogP) is 2.94. The van der Waals surface area contributed by atoms with Crippen LogP contribution in [0.5, 0.6) is 0 Å². The summed E-state index contributed by atoms with van der Waals surface area (Å²) in [4.78, 5) is 11.2. The smallest absolute Gasteiger partial charge is 0.311 e. The van der Waals surface area contributed by atoms with Crippen LogP contribution in [0.2, 0.25) is 0 Å². The summed E-state index contributed by atoms with van der Waals surface area (Å²) in [5, 5.41) is 17.8. The molecule has 0 spiro atoms. The molecule has 0 heterocycles. The first-order chi connectivity index (χ1) is 8.66. The normalized spacial score (nSPS) is 12.3. The summed E-state index contributed by atoms with van der Waals surface area (Å²) in [6.45, 7) is 0.162. The Balaban J connectivity index is 2.56. The fraction of sp³-hybridized carbons (Fsp3) is 0.500. The average Bonchev–Trinajstić information content (AvgIpc) is 2.35. The molecule has 1 atom stereocenters. The van der Waals surface area contributed by atoms with Crippen molar-refractivity contribution >= 4 is 5.97 Å². The van der Waals surface area contributed by atoms with Gasteiger partial charge in [-0.2, -0.15) is 0 Å². The molecule has 0 aliphatic rings. The van der Waals surface area contributed by atoms with Crippen LogP contribution in [0.25, 0.3) is 0 Å².